The highest BCUT2D eigenvalue weighted by Crippen LogP contribution is 2.38. The number of nitrogens with zero attached hydrogens (tertiary/aromatic N) is 10. The quantitative estimate of drug-likeness (QED) is 0.0468. The van der Waals surface area contributed by atoms with Gasteiger partial charge in [-0.3, -0.25) is 53.1 Å². The average Bonchev–Trinajstić information content (AvgIpc) is 3.63. The molecular weight excluding hydrogens is 1020 g/mol. The van der Waals surface area contributed by atoms with E-state index in [0.29, 0.717) is 77.4 Å². The summed E-state index contributed by atoms with van der Waals surface area (Å²) in [4.78, 5) is 98.4. The summed E-state index contributed by atoms with van der Waals surface area (Å²) >= 11 is 1.02. The zero-order chi connectivity index (χ0) is 56.3. The third-order valence-corrected chi connectivity index (χ3v) is 14.9. The fourth-order valence-electron chi connectivity index (χ4n) is 9.38. The largest absolute Gasteiger partial charge is 0.495 e. The van der Waals surface area contributed by atoms with Gasteiger partial charge in [-0.15, -0.1) is 11.8 Å². The van der Waals surface area contributed by atoms with Gasteiger partial charge in [-0.2, -0.15) is 10.2 Å². The molecule has 0 spiro atoms. The first-order valence-electron chi connectivity index (χ1n) is 25.5. The smallest absolute Gasteiger partial charge is 0.321 e. The number of methoxy groups -OCH3 is 1. The number of rotatable bonds is 22. The van der Waals surface area contributed by atoms with Crippen molar-refractivity contribution < 1.29 is 48.1 Å². The molecule has 2 fully saturated rings. The molecular formula is C53H64N14O10S. The molecule has 24 nitrogen and oxygen atoms in total. The summed E-state index contributed by atoms with van der Waals surface area (Å²) in [7, 11) is 5.13. The molecule has 1 saturated heterocycles. The SMILES string of the molecule is CCn1nc(C)cc1-c1ccc2c3cc(C(N)=O)cc(OC)c3n(C)c2n1.CCn1nc(C)cc1C(=O)Nc1nc2cc(C(N)=O)cc(OCCCN(C)C(=O)CCN3C(=O)CC(SCC(N)C(=O)O)C3=O)c2n1CC1CC1. The molecule has 0 radical (unpaired) electrons. The van der Waals surface area contributed by atoms with Crippen LogP contribution in [0.4, 0.5) is 5.95 Å². The van der Waals surface area contributed by atoms with Crippen LogP contribution in [0, 0.1) is 19.8 Å². The summed E-state index contributed by atoms with van der Waals surface area (Å²) in [5.74, 6) is -2.21. The van der Waals surface area contributed by atoms with Crippen molar-refractivity contribution in [3.05, 3.63) is 76.7 Å². The topological polar surface area (TPSA) is 326 Å². The van der Waals surface area contributed by atoms with Gasteiger partial charge in [-0.1, -0.05) is 0 Å². The van der Waals surface area contributed by atoms with Crippen molar-refractivity contribution in [1.29, 1.82) is 0 Å². The van der Waals surface area contributed by atoms with Crippen molar-refractivity contribution in [3.63, 3.8) is 0 Å². The molecule has 5 aromatic heterocycles. The van der Waals surface area contributed by atoms with Crippen LogP contribution in [0.25, 0.3) is 44.4 Å². The lowest BCUT2D eigenvalue weighted by molar-refractivity contribution is -0.140. The number of aryl methyl sites for hydroxylation is 5. The molecule has 2 aromatic carbocycles. The number of primary amides is 2. The lowest BCUT2D eigenvalue weighted by Crippen LogP contribution is -2.37. The highest BCUT2D eigenvalue weighted by atomic mass is 32.2. The summed E-state index contributed by atoms with van der Waals surface area (Å²) in [5, 5.41) is 21.9. The van der Waals surface area contributed by atoms with E-state index in [0.717, 1.165) is 75.1 Å². The molecule has 2 aliphatic rings. The van der Waals surface area contributed by atoms with Crippen LogP contribution in [0.15, 0.2) is 48.5 Å². The molecule has 412 valence electrons. The molecule has 6 amide bonds. The number of aromatic nitrogens is 8. The van der Waals surface area contributed by atoms with Crippen LogP contribution in [0.5, 0.6) is 11.5 Å². The number of carbonyl (C=O) groups excluding carboxylic acids is 6. The Balaban J connectivity index is 0.000000248. The normalized spacial score (nSPS) is 14.7. The van der Waals surface area contributed by atoms with Crippen LogP contribution in [0.3, 0.4) is 0 Å². The summed E-state index contributed by atoms with van der Waals surface area (Å²) < 4.78 is 19.1. The zero-order valence-corrected chi connectivity index (χ0v) is 45.4. The number of hydrogen-bond donors (Lipinski definition) is 5. The maximum atomic E-state index is 13.3. The van der Waals surface area contributed by atoms with Crippen molar-refractivity contribution in [2.24, 2.45) is 30.2 Å². The van der Waals surface area contributed by atoms with Crippen molar-refractivity contribution in [2.75, 3.05) is 44.9 Å². The highest BCUT2D eigenvalue weighted by molar-refractivity contribution is 8.00. The van der Waals surface area contributed by atoms with E-state index in [1.807, 2.05) is 59.8 Å². The molecule has 9 rings (SSSR count). The van der Waals surface area contributed by atoms with Gasteiger partial charge < -0.3 is 45.8 Å². The minimum Gasteiger partial charge on any atom is -0.495 e. The number of imide groups is 1. The van der Waals surface area contributed by atoms with E-state index in [1.54, 1.807) is 49.2 Å². The van der Waals surface area contributed by atoms with Gasteiger partial charge in [0.05, 0.1) is 52.8 Å². The predicted octanol–water partition coefficient (Wildman–Crippen LogP) is 4.24. The summed E-state index contributed by atoms with van der Waals surface area (Å²) in [6.07, 6.45) is 2.34. The third kappa shape index (κ3) is 12.0. The molecule has 1 aliphatic heterocycles. The predicted molar refractivity (Wildman–Crippen MR) is 292 cm³/mol. The van der Waals surface area contributed by atoms with Crippen molar-refractivity contribution >= 4 is 92.1 Å². The molecule has 6 heterocycles. The van der Waals surface area contributed by atoms with Crippen LogP contribution in [-0.4, -0.2) is 146 Å². The van der Waals surface area contributed by atoms with E-state index in [-0.39, 0.29) is 49.1 Å². The van der Waals surface area contributed by atoms with Gasteiger partial charge in [0.25, 0.3) is 5.91 Å². The Hall–Kier alpha value is -8.32. The molecule has 0 bridgehead atoms. The van der Waals surface area contributed by atoms with Gasteiger partial charge in [-0.25, -0.2) is 9.97 Å². The second kappa shape index (κ2) is 23.5. The number of nitrogens with one attached hydrogen (secondary N) is 1. The Morgan fingerprint density at radius 1 is 0.897 bits per heavy atom. The molecule has 2 unspecified atom stereocenters. The van der Waals surface area contributed by atoms with Crippen molar-refractivity contribution in [3.8, 4) is 22.9 Å². The Labute approximate surface area is 452 Å². The fourth-order valence-corrected chi connectivity index (χ4v) is 10.5. The number of nitrogens with two attached hydrogens (primary N) is 3. The van der Waals surface area contributed by atoms with Crippen LogP contribution < -0.4 is 32.0 Å². The molecule has 25 heteroatoms. The van der Waals surface area contributed by atoms with E-state index in [9.17, 15) is 33.6 Å². The Bertz CT molecular complexity index is 3500. The van der Waals surface area contributed by atoms with Gasteiger partial charge in [0.1, 0.15) is 34.4 Å². The third-order valence-electron chi connectivity index (χ3n) is 13.6. The molecule has 8 N–H and O–H groups in total. The number of imidazole rings is 1. The first-order chi connectivity index (χ1) is 37.2. The van der Waals surface area contributed by atoms with E-state index in [2.05, 4.69) is 27.4 Å². The Morgan fingerprint density at radius 2 is 1.58 bits per heavy atom. The van der Waals surface area contributed by atoms with Crippen LogP contribution in [-0.2, 0) is 45.9 Å². The zero-order valence-electron chi connectivity index (χ0n) is 44.6. The second-order valence-electron chi connectivity index (χ2n) is 19.3. The van der Waals surface area contributed by atoms with Gasteiger partial charge in [-0.05, 0) is 101 Å². The lowest BCUT2D eigenvalue weighted by Gasteiger charge is -2.20. The minimum atomic E-state index is -1.19. The standard InChI is InChI=1S/C33H43N9O8S.C20H21N5O2/c1-4-42-23(12-18(2)38-42)30(46)37-33-36-22-13-20(29(35)45)14-24(28(22)41(33)16-19-6-7-19)50-11-5-9-39(3)26(43)8-10-40-27(44)15-25(31(40)47)51-17-21(34)32(48)49;1-5-25-16(8-11(2)23-25)15-7-6-13-14-9-12(19(21)26)10-17(27-4)18(14)24(3)20(13)22-15/h12-14,19,21,25H,4-11,15-17,34H2,1-3H3,(H2,35,45)(H,48,49)(H,36,37,46);6-10H,5H2,1-4H3,(H2,21,26). The fraction of sp³-hybridized carbons (Fsp3) is 0.415. The number of pyridine rings is 1. The number of anilines is 1. The number of carboxylic acid groups (broad SMARTS) is 1. The molecule has 1 saturated carbocycles. The van der Waals surface area contributed by atoms with Gasteiger partial charge >= 0.3 is 5.97 Å². The van der Waals surface area contributed by atoms with E-state index in [1.165, 1.54) is 4.90 Å². The monoisotopic (exact) mass is 1090 g/mol. The van der Waals surface area contributed by atoms with Gasteiger partial charge in [0.2, 0.25) is 35.5 Å². The number of hydrogen-bond acceptors (Lipinski definition) is 15. The number of thioether (sulfide) groups is 1. The van der Waals surface area contributed by atoms with E-state index < -0.39 is 40.9 Å². The number of ether oxygens (including phenoxy) is 2. The number of benzene rings is 2. The maximum Gasteiger partial charge on any atom is 0.321 e. The first-order valence-corrected chi connectivity index (χ1v) is 26.6. The number of aliphatic carboxylic acids is 1. The molecule has 1 aliphatic carbocycles. The highest BCUT2D eigenvalue weighted by Gasteiger charge is 2.39. The first kappa shape index (κ1) is 55.9. The van der Waals surface area contributed by atoms with Gasteiger partial charge in [0, 0.05) is 87.3 Å². The van der Waals surface area contributed by atoms with Crippen LogP contribution in [0.2, 0.25) is 0 Å². The molecule has 2 atom stereocenters. The number of fused-ring (bicyclic) bond motifs is 4. The number of carbonyl (C=O) groups is 7. The number of amides is 6. The molecule has 7 aromatic rings. The Kier molecular flexibility index (Phi) is 16.8. The van der Waals surface area contributed by atoms with Gasteiger partial charge in [0.15, 0.2) is 0 Å². The summed E-state index contributed by atoms with van der Waals surface area (Å²) in [6, 6.07) is 13.2. The number of likely N-dealkylation sites (tertiary alicyclic amines) is 1. The summed E-state index contributed by atoms with van der Waals surface area (Å²) in [5.41, 5.74) is 23.9. The maximum absolute atomic E-state index is 13.3. The second-order valence-corrected chi connectivity index (χ2v) is 20.5. The molecule has 78 heavy (non-hydrogen) atoms. The number of carboxylic acids is 1. The van der Waals surface area contributed by atoms with Crippen LogP contribution in [0.1, 0.15) is 88.5 Å². The lowest BCUT2D eigenvalue weighted by atomic mass is 10.1. The van der Waals surface area contributed by atoms with Crippen molar-refractivity contribution in [1.82, 2.24) is 48.5 Å². The minimum absolute atomic E-state index is 0.0125. The van der Waals surface area contributed by atoms with Crippen LogP contribution >= 0.6 is 11.8 Å². The van der Waals surface area contributed by atoms with E-state index >= 15 is 0 Å². The van der Waals surface area contributed by atoms with Crippen molar-refractivity contribution in [2.45, 2.75) is 90.7 Å². The Morgan fingerprint density at radius 3 is 2.24 bits per heavy atom. The average molecular weight is 1090 g/mol. The van der Waals surface area contributed by atoms with E-state index in [4.69, 9.17) is 36.8 Å². The summed E-state index contributed by atoms with van der Waals surface area (Å²) in [6.45, 7) is 10.00.